The lowest BCUT2D eigenvalue weighted by atomic mass is 9.78. The topological polar surface area (TPSA) is 12.5 Å². The number of aryl methyl sites for hydroxylation is 1. The summed E-state index contributed by atoms with van der Waals surface area (Å²) in [6.45, 7) is 5.56. The van der Waals surface area contributed by atoms with Crippen molar-refractivity contribution in [2.45, 2.75) is 70.4 Å². The number of halogens is 3. The average molecular weight is 343 g/mol. The number of hydrogen-bond acceptors (Lipinski definition) is 2. The summed E-state index contributed by atoms with van der Waals surface area (Å²) in [5.41, 5.74) is 0.567. The lowest BCUT2D eigenvalue weighted by Crippen LogP contribution is -2.45. The van der Waals surface area contributed by atoms with Crippen molar-refractivity contribution >= 4 is 0 Å². The van der Waals surface area contributed by atoms with Gasteiger partial charge in [-0.05, 0) is 77.2 Å². The fourth-order valence-electron chi connectivity index (χ4n) is 3.67. The Morgan fingerprint density at radius 3 is 2.38 bits per heavy atom. The van der Waals surface area contributed by atoms with Gasteiger partial charge in [-0.2, -0.15) is 13.2 Å². The van der Waals surface area contributed by atoms with Gasteiger partial charge in [0.1, 0.15) is 0 Å². The monoisotopic (exact) mass is 343 g/mol. The molecule has 1 aromatic rings. The Morgan fingerprint density at radius 2 is 1.83 bits per heavy atom. The van der Waals surface area contributed by atoms with Crippen LogP contribution in [0.3, 0.4) is 0 Å². The number of ether oxygens (including phenoxy) is 1. The lowest BCUT2D eigenvalue weighted by Gasteiger charge is -2.40. The van der Waals surface area contributed by atoms with Crippen LogP contribution in [0.5, 0.6) is 0 Å². The van der Waals surface area contributed by atoms with Crippen molar-refractivity contribution < 1.29 is 17.9 Å². The largest absolute Gasteiger partial charge is 0.416 e. The summed E-state index contributed by atoms with van der Waals surface area (Å²) in [6, 6.07) is 5.02. The highest BCUT2D eigenvalue weighted by Gasteiger charge is 2.36. The molecule has 0 radical (unpaired) electrons. The Morgan fingerprint density at radius 1 is 1.17 bits per heavy atom. The quantitative estimate of drug-likeness (QED) is 0.762. The molecule has 0 saturated heterocycles. The van der Waals surface area contributed by atoms with Crippen molar-refractivity contribution in [3.63, 3.8) is 0 Å². The highest BCUT2D eigenvalue weighted by Crippen LogP contribution is 2.39. The van der Waals surface area contributed by atoms with E-state index in [-0.39, 0.29) is 29.7 Å². The summed E-state index contributed by atoms with van der Waals surface area (Å²) in [5, 5.41) is 0. The van der Waals surface area contributed by atoms with Gasteiger partial charge in [-0.15, -0.1) is 0 Å². The van der Waals surface area contributed by atoms with Crippen LogP contribution in [-0.2, 0) is 10.9 Å². The lowest BCUT2D eigenvalue weighted by molar-refractivity contribution is -0.138. The molecule has 3 atom stereocenters. The molecule has 24 heavy (non-hydrogen) atoms. The van der Waals surface area contributed by atoms with Crippen LogP contribution >= 0.6 is 0 Å². The average Bonchev–Trinajstić information content (AvgIpc) is 2.46. The molecule has 1 saturated carbocycles. The molecule has 1 aliphatic carbocycles. The molecule has 0 unspecified atom stereocenters. The van der Waals surface area contributed by atoms with Gasteiger partial charge in [0.2, 0.25) is 0 Å². The van der Waals surface area contributed by atoms with Crippen molar-refractivity contribution in [1.82, 2.24) is 4.90 Å². The smallest absolute Gasteiger partial charge is 0.374 e. The minimum atomic E-state index is -4.29. The van der Waals surface area contributed by atoms with Crippen LogP contribution in [0.2, 0.25) is 0 Å². The van der Waals surface area contributed by atoms with Crippen molar-refractivity contribution in [2.75, 3.05) is 14.1 Å². The molecule has 0 N–H and O–H groups in total. The van der Waals surface area contributed by atoms with E-state index in [1.807, 2.05) is 34.0 Å². The van der Waals surface area contributed by atoms with Gasteiger partial charge in [0.05, 0.1) is 17.8 Å². The molecule has 0 heterocycles. The van der Waals surface area contributed by atoms with Gasteiger partial charge in [0.15, 0.2) is 0 Å². The first-order valence-corrected chi connectivity index (χ1v) is 8.59. The molecule has 5 heteroatoms. The molecule has 136 valence electrons. The Balaban J connectivity index is 2.22. The Hall–Kier alpha value is -1.07. The number of hydrogen-bond donors (Lipinski definition) is 0. The van der Waals surface area contributed by atoms with Crippen molar-refractivity contribution in [3.8, 4) is 0 Å². The number of nitrogens with zero attached hydrogens (tertiary/aromatic N) is 1. The van der Waals surface area contributed by atoms with Crippen LogP contribution < -0.4 is 0 Å². The number of likely N-dealkylation sites (N-methyl/N-ethyl adjacent to an activating group) is 1. The maximum absolute atomic E-state index is 13.2. The molecular weight excluding hydrogens is 315 g/mol. The summed E-state index contributed by atoms with van der Waals surface area (Å²) in [4.78, 5) is 2.14. The molecule has 1 aliphatic rings. The Bertz CT molecular complexity index is 554. The molecule has 0 spiro atoms. The minimum Gasteiger partial charge on any atom is -0.374 e. The molecule has 0 amide bonds. The third-order valence-electron chi connectivity index (χ3n) is 4.90. The highest BCUT2D eigenvalue weighted by molar-refractivity contribution is 5.35. The summed E-state index contributed by atoms with van der Waals surface area (Å²) in [7, 11) is 4.03. The zero-order valence-corrected chi connectivity index (χ0v) is 15.2. The number of rotatable bonds is 4. The van der Waals surface area contributed by atoms with Crippen molar-refractivity contribution in [1.29, 1.82) is 0 Å². The number of alkyl halides is 3. The van der Waals surface area contributed by atoms with Gasteiger partial charge in [-0.3, -0.25) is 0 Å². The van der Waals surface area contributed by atoms with Gasteiger partial charge in [-0.1, -0.05) is 12.1 Å². The van der Waals surface area contributed by atoms with E-state index >= 15 is 0 Å². The summed E-state index contributed by atoms with van der Waals surface area (Å²) in [6.07, 6.45) is -1.43. The summed E-state index contributed by atoms with van der Waals surface area (Å²) in [5.74, 6) is 0.145. The predicted molar refractivity (Wildman–Crippen MR) is 90.3 cm³/mol. The third kappa shape index (κ3) is 4.51. The fourth-order valence-corrected chi connectivity index (χ4v) is 3.67. The second-order valence-corrected chi connectivity index (χ2v) is 7.34. The van der Waals surface area contributed by atoms with E-state index in [0.29, 0.717) is 0 Å². The predicted octanol–water partition coefficient (Wildman–Crippen LogP) is 5.01. The van der Waals surface area contributed by atoms with Crippen LogP contribution in [-0.4, -0.2) is 37.2 Å². The molecule has 0 aromatic heterocycles. The van der Waals surface area contributed by atoms with E-state index in [1.54, 1.807) is 6.07 Å². The zero-order chi connectivity index (χ0) is 18.1. The molecule has 0 bridgehead atoms. The standard InChI is InChI=1S/C19H28F3NO/c1-12(2)24-18-9-8-15(11-17(18)23(4)5)14-7-6-13(3)16(10-14)19(20,21)22/h6-7,10,12,15,17-18H,8-9,11H2,1-5H3/t15-,17-,18-/m0/s1. The van der Waals surface area contributed by atoms with Gasteiger partial charge >= 0.3 is 6.18 Å². The molecule has 2 nitrogen and oxygen atoms in total. The van der Waals surface area contributed by atoms with E-state index in [9.17, 15) is 13.2 Å². The fraction of sp³-hybridized carbons (Fsp3) is 0.684. The van der Waals surface area contributed by atoms with Gasteiger partial charge in [-0.25, -0.2) is 0 Å². The van der Waals surface area contributed by atoms with Crippen LogP contribution in [0.1, 0.15) is 55.7 Å². The van der Waals surface area contributed by atoms with Gasteiger partial charge in [0.25, 0.3) is 0 Å². The SMILES string of the molecule is Cc1ccc([C@H]2CC[C@H](OC(C)C)[C@@H](N(C)C)C2)cc1C(F)(F)F. The zero-order valence-electron chi connectivity index (χ0n) is 15.2. The van der Waals surface area contributed by atoms with Crippen LogP contribution in [0, 0.1) is 6.92 Å². The van der Waals surface area contributed by atoms with E-state index in [2.05, 4.69) is 4.90 Å². The summed E-state index contributed by atoms with van der Waals surface area (Å²) >= 11 is 0. The highest BCUT2D eigenvalue weighted by atomic mass is 19.4. The first-order valence-electron chi connectivity index (χ1n) is 8.59. The van der Waals surface area contributed by atoms with Crippen molar-refractivity contribution in [3.05, 3.63) is 34.9 Å². The van der Waals surface area contributed by atoms with Gasteiger partial charge < -0.3 is 9.64 Å². The van der Waals surface area contributed by atoms with E-state index in [0.717, 1.165) is 24.8 Å². The van der Waals surface area contributed by atoms with Crippen LogP contribution in [0.25, 0.3) is 0 Å². The Labute approximate surface area is 143 Å². The third-order valence-corrected chi connectivity index (χ3v) is 4.90. The van der Waals surface area contributed by atoms with Crippen LogP contribution in [0.15, 0.2) is 18.2 Å². The van der Waals surface area contributed by atoms with Gasteiger partial charge in [0, 0.05) is 6.04 Å². The normalized spacial score (nSPS) is 25.5. The number of benzene rings is 1. The first-order chi connectivity index (χ1) is 11.1. The second-order valence-electron chi connectivity index (χ2n) is 7.34. The molecule has 1 aromatic carbocycles. The first kappa shape index (κ1) is 19.3. The Kier molecular flexibility index (Phi) is 5.97. The van der Waals surface area contributed by atoms with Crippen molar-refractivity contribution in [2.24, 2.45) is 0 Å². The van der Waals surface area contributed by atoms with E-state index in [4.69, 9.17) is 4.74 Å². The van der Waals surface area contributed by atoms with E-state index < -0.39 is 11.7 Å². The van der Waals surface area contributed by atoms with Crippen LogP contribution in [0.4, 0.5) is 13.2 Å². The summed E-state index contributed by atoms with van der Waals surface area (Å²) < 4.78 is 45.6. The minimum absolute atomic E-state index is 0.142. The van der Waals surface area contributed by atoms with E-state index in [1.165, 1.54) is 13.0 Å². The maximum Gasteiger partial charge on any atom is 0.416 e. The molecule has 0 aliphatic heterocycles. The molecular formula is C19H28F3NO. The maximum atomic E-state index is 13.2. The second kappa shape index (κ2) is 7.44. The molecule has 2 rings (SSSR count). The molecule has 1 fully saturated rings.